The molecule has 0 saturated heterocycles. The predicted octanol–water partition coefficient (Wildman–Crippen LogP) is 3.27. The molecule has 2 rings (SSSR count). The van der Waals surface area contributed by atoms with Gasteiger partial charge in [-0.05, 0) is 44.2 Å². The van der Waals surface area contributed by atoms with Crippen molar-refractivity contribution >= 4 is 21.8 Å². The lowest BCUT2D eigenvalue weighted by atomic mass is 9.89. The van der Waals surface area contributed by atoms with Gasteiger partial charge in [-0.3, -0.25) is 4.79 Å². The van der Waals surface area contributed by atoms with Crippen molar-refractivity contribution in [3.63, 3.8) is 0 Å². The summed E-state index contributed by atoms with van der Waals surface area (Å²) in [4.78, 5) is 12.4. The lowest BCUT2D eigenvalue weighted by Crippen LogP contribution is -2.31. The van der Waals surface area contributed by atoms with Gasteiger partial charge in [-0.2, -0.15) is 0 Å². The third kappa shape index (κ3) is 3.60. The summed E-state index contributed by atoms with van der Waals surface area (Å²) in [5.41, 5.74) is 0. The van der Waals surface area contributed by atoms with Gasteiger partial charge in [-0.1, -0.05) is 22.4 Å². The van der Waals surface area contributed by atoms with Crippen LogP contribution in [0.3, 0.4) is 0 Å². The smallest absolute Gasteiger partial charge is 0.287 e. The van der Waals surface area contributed by atoms with Crippen molar-refractivity contribution in [3.05, 3.63) is 23.7 Å². The second kappa shape index (κ2) is 5.71. The highest BCUT2D eigenvalue weighted by Crippen LogP contribution is 2.28. The Kier molecular flexibility index (Phi) is 4.26. The molecular formula is C13H18BrNO2. The molecule has 1 N–H and O–H groups in total. The number of halogens is 1. The van der Waals surface area contributed by atoms with E-state index in [0.29, 0.717) is 16.5 Å². The van der Waals surface area contributed by atoms with Crippen molar-refractivity contribution in [2.45, 2.75) is 37.4 Å². The van der Waals surface area contributed by atoms with E-state index >= 15 is 0 Å². The average Bonchev–Trinajstić information content (AvgIpc) is 2.73. The number of hydrogen-bond acceptors (Lipinski definition) is 2. The molecule has 1 aromatic heterocycles. The highest BCUT2D eigenvalue weighted by molar-refractivity contribution is 9.09. The predicted molar refractivity (Wildman–Crippen MR) is 70.5 cm³/mol. The van der Waals surface area contributed by atoms with Gasteiger partial charge in [0.1, 0.15) is 5.76 Å². The Morgan fingerprint density at radius 1 is 1.53 bits per heavy atom. The van der Waals surface area contributed by atoms with Crippen molar-refractivity contribution < 1.29 is 9.21 Å². The molecule has 94 valence electrons. The van der Waals surface area contributed by atoms with Crippen molar-refractivity contribution in [2.24, 2.45) is 5.92 Å². The number of alkyl halides is 1. The Labute approximate surface area is 110 Å². The van der Waals surface area contributed by atoms with Crippen LogP contribution in [0.25, 0.3) is 0 Å². The molecule has 1 heterocycles. The number of nitrogens with one attached hydrogen (secondary N) is 1. The molecule has 2 atom stereocenters. The van der Waals surface area contributed by atoms with Gasteiger partial charge in [0.2, 0.25) is 0 Å². The third-order valence-electron chi connectivity index (χ3n) is 3.23. The zero-order chi connectivity index (χ0) is 12.3. The molecule has 0 spiro atoms. The minimum atomic E-state index is -0.102. The first-order chi connectivity index (χ1) is 8.15. The number of carbonyl (C=O) groups excluding carboxylic acids is 1. The number of aryl methyl sites for hydroxylation is 1. The van der Waals surface area contributed by atoms with Crippen LogP contribution < -0.4 is 5.32 Å². The fourth-order valence-electron chi connectivity index (χ4n) is 2.29. The molecule has 1 amide bonds. The Hall–Kier alpha value is -0.770. The first-order valence-corrected chi connectivity index (χ1v) is 7.05. The molecule has 1 aromatic rings. The fraction of sp³-hybridized carbons (Fsp3) is 0.615. The minimum Gasteiger partial charge on any atom is -0.456 e. The summed E-state index contributed by atoms with van der Waals surface area (Å²) in [6.07, 6.45) is 4.86. The van der Waals surface area contributed by atoms with Gasteiger partial charge < -0.3 is 9.73 Å². The summed E-state index contributed by atoms with van der Waals surface area (Å²) in [7, 11) is 0. The Morgan fingerprint density at radius 3 is 3.00 bits per heavy atom. The number of rotatable bonds is 3. The van der Waals surface area contributed by atoms with E-state index in [-0.39, 0.29) is 5.91 Å². The van der Waals surface area contributed by atoms with Crippen molar-refractivity contribution in [3.8, 4) is 0 Å². The van der Waals surface area contributed by atoms with E-state index in [9.17, 15) is 4.79 Å². The van der Waals surface area contributed by atoms with E-state index in [4.69, 9.17) is 4.42 Å². The van der Waals surface area contributed by atoms with Gasteiger partial charge in [-0.15, -0.1) is 0 Å². The molecule has 1 fully saturated rings. The average molecular weight is 300 g/mol. The van der Waals surface area contributed by atoms with E-state index in [1.54, 1.807) is 6.07 Å². The van der Waals surface area contributed by atoms with E-state index < -0.39 is 0 Å². The topological polar surface area (TPSA) is 42.2 Å². The zero-order valence-corrected chi connectivity index (χ0v) is 11.6. The molecule has 1 aliphatic rings. The second-order valence-corrected chi connectivity index (χ2v) is 6.05. The number of furan rings is 1. The molecule has 1 saturated carbocycles. The summed E-state index contributed by atoms with van der Waals surface area (Å²) in [6.45, 7) is 2.59. The van der Waals surface area contributed by atoms with Crippen LogP contribution in [0.5, 0.6) is 0 Å². The van der Waals surface area contributed by atoms with Crippen molar-refractivity contribution in [1.29, 1.82) is 0 Å². The van der Waals surface area contributed by atoms with Crippen LogP contribution in [0.1, 0.15) is 42.0 Å². The number of amides is 1. The van der Waals surface area contributed by atoms with Crippen LogP contribution in [0.2, 0.25) is 0 Å². The Balaban J connectivity index is 1.80. The molecule has 0 aromatic carbocycles. The Morgan fingerprint density at radius 2 is 2.35 bits per heavy atom. The SMILES string of the molecule is Cc1ccc(C(=O)NCC2CCCC(Br)C2)o1. The van der Waals surface area contributed by atoms with E-state index in [2.05, 4.69) is 21.2 Å². The van der Waals surface area contributed by atoms with Crippen LogP contribution in [-0.2, 0) is 0 Å². The molecule has 0 aliphatic heterocycles. The highest BCUT2D eigenvalue weighted by atomic mass is 79.9. The van der Waals surface area contributed by atoms with Gasteiger partial charge in [0.15, 0.2) is 5.76 Å². The lowest BCUT2D eigenvalue weighted by molar-refractivity contribution is 0.0915. The van der Waals surface area contributed by atoms with Crippen LogP contribution in [0, 0.1) is 12.8 Å². The van der Waals surface area contributed by atoms with Crippen LogP contribution in [0.4, 0.5) is 0 Å². The van der Waals surface area contributed by atoms with Crippen LogP contribution in [-0.4, -0.2) is 17.3 Å². The molecule has 2 unspecified atom stereocenters. The molecule has 3 nitrogen and oxygen atoms in total. The van der Waals surface area contributed by atoms with Crippen LogP contribution in [0.15, 0.2) is 16.5 Å². The lowest BCUT2D eigenvalue weighted by Gasteiger charge is -2.25. The normalized spacial score (nSPS) is 24.6. The summed E-state index contributed by atoms with van der Waals surface area (Å²) >= 11 is 3.65. The summed E-state index contributed by atoms with van der Waals surface area (Å²) in [5, 5.41) is 2.95. The van der Waals surface area contributed by atoms with E-state index in [0.717, 1.165) is 18.7 Å². The highest BCUT2D eigenvalue weighted by Gasteiger charge is 2.21. The number of hydrogen-bond donors (Lipinski definition) is 1. The largest absolute Gasteiger partial charge is 0.456 e. The van der Waals surface area contributed by atoms with Crippen molar-refractivity contribution in [2.75, 3.05) is 6.54 Å². The van der Waals surface area contributed by atoms with Crippen molar-refractivity contribution in [1.82, 2.24) is 5.32 Å². The minimum absolute atomic E-state index is 0.102. The van der Waals surface area contributed by atoms with Gasteiger partial charge in [0, 0.05) is 11.4 Å². The first-order valence-electron chi connectivity index (χ1n) is 6.14. The van der Waals surface area contributed by atoms with E-state index in [1.165, 1.54) is 19.3 Å². The quantitative estimate of drug-likeness (QED) is 0.871. The molecule has 17 heavy (non-hydrogen) atoms. The molecular weight excluding hydrogens is 282 g/mol. The van der Waals surface area contributed by atoms with Gasteiger partial charge >= 0.3 is 0 Å². The maximum atomic E-state index is 11.8. The zero-order valence-electron chi connectivity index (χ0n) is 10.0. The summed E-state index contributed by atoms with van der Waals surface area (Å²) in [5.74, 6) is 1.67. The third-order valence-corrected chi connectivity index (χ3v) is 4.07. The van der Waals surface area contributed by atoms with Crippen LogP contribution >= 0.6 is 15.9 Å². The maximum absolute atomic E-state index is 11.8. The van der Waals surface area contributed by atoms with Gasteiger partial charge in [-0.25, -0.2) is 0 Å². The van der Waals surface area contributed by atoms with Gasteiger partial charge in [0.25, 0.3) is 5.91 Å². The first kappa shape index (κ1) is 12.7. The summed E-state index contributed by atoms with van der Waals surface area (Å²) in [6, 6.07) is 3.53. The molecule has 4 heteroatoms. The van der Waals surface area contributed by atoms with E-state index in [1.807, 2.05) is 13.0 Å². The second-order valence-electron chi connectivity index (χ2n) is 4.75. The summed E-state index contributed by atoms with van der Waals surface area (Å²) < 4.78 is 5.28. The molecule has 1 aliphatic carbocycles. The fourth-order valence-corrected chi connectivity index (χ4v) is 3.14. The number of carbonyl (C=O) groups is 1. The molecule has 0 radical (unpaired) electrons. The Bertz CT molecular complexity index is 389. The monoisotopic (exact) mass is 299 g/mol. The molecule has 0 bridgehead atoms. The van der Waals surface area contributed by atoms with Gasteiger partial charge in [0.05, 0.1) is 0 Å². The standard InChI is InChI=1S/C13H18BrNO2/c1-9-5-6-12(17-9)13(16)15-8-10-3-2-4-11(14)7-10/h5-6,10-11H,2-4,7-8H2,1H3,(H,15,16). The maximum Gasteiger partial charge on any atom is 0.287 e.